The second-order valence-electron chi connectivity index (χ2n) is 4.41. The zero-order valence-corrected chi connectivity index (χ0v) is 10.1. The number of hydrogen-bond acceptors (Lipinski definition) is 4. The van der Waals surface area contributed by atoms with Gasteiger partial charge in [-0.1, -0.05) is 0 Å². The number of hydrogen-bond donors (Lipinski definition) is 1. The average Bonchev–Trinajstić information content (AvgIpc) is 2.70. The Bertz CT molecular complexity index is 492. The Kier molecular flexibility index (Phi) is 3.34. The quantitative estimate of drug-likeness (QED) is 0.891. The van der Waals surface area contributed by atoms with E-state index in [0.717, 1.165) is 12.3 Å². The molecule has 2 atom stereocenters. The number of alkyl halides is 3. The molecule has 104 valence electrons. The van der Waals surface area contributed by atoms with Crippen molar-refractivity contribution in [3.05, 3.63) is 18.0 Å². The zero-order chi connectivity index (χ0) is 14.2. The van der Waals surface area contributed by atoms with Crippen molar-refractivity contribution < 1.29 is 23.1 Å². The highest BCUT2D eigenvalue weighted by Gasteiger charge is 2.38. The first-order valence-electron chi connectivity index (χ1n) is 5.70. The first kappa shape index (κ1) is 13.6. The molecule has 2 unspecified atom stereocenters. The first-order chi connectivity index (χ1) is 8.80. The fourth-order valence-corrected chi connectivity index (χ4v) is 2.20. The molecule has 2 rings (SSSR count). The third-order valence-electron chi connectivity index (χ3n) is 3.26. The van der Waals surface area contributed by atoms with Gasteiger partial charge in [0.05, 0.1) is 5.92 Å². The molecule has 2 heterocycles. The predicted octanol–water partition coefficient (Wildman–Crippen LogP) is 1.79. The van der Waals surface area contributed by atoms with Crippen molar-refractivity contribution in [1.82, 2.24) is 9.97 Å². The van der Waals surface area contributed by atoms with Crippen LogP contribution >= 0.6 is 0 Å². The highest BCUT2D eigenvalue weighted by atomic mass is 19.4. The molecule has 1 aromatic heterocycles. The average molecular weight is 275 g/mol. The van der Waals surface area contributed by atoms with Crippen molar-refractivity contribution >= 4 is 11.9 Å². The van der Waals surface area contributed by atoms with Gasteiger partial charge < -0.3 is 10.0 Å². The Morgan fingerprint density at radius 1 is 1.53 bits per heavy atom. The maximum absolute atomic E-state index is 12.6. The van der Waals surface area contributed by atoms with Crippen LogP contribution in [0.1, 0.15) is 19.0 Å². The summed E-state index contributed by atoms with van der Waals surface area (Å²) in [5, 5.41) is 8.98. The van der Waals surface area contributed by atoms with E-state index >= 15 is 0 Å². The Morgan fingerprint density at radius 2 is 2.21 bits per heavy atom. The molecule has 1 fully saturated rings. The van der Waals surface area contributed by atoms with E-state index < -0.39 is 29.8 Å². The van der Waals surface area contributed by atoms with Crippen LogP contribution < -0.4 is 4.90 Å². The fraction of sp³-hybridized carbons (Fsp3) is 0.545. The van der Waals surface area contributed by atoms with E-state index in [9.17, 15) is 18.0 Å². The number of anilines is 1. The topological polar surface area (TPSA) is 66.3 Å². The van der Waals surface area contributed by atoms with E-state index in [1.807, 2.05) is 0 Å². The van der Waals surface area contributed by atoms with E-state index in [4.69, 9.17) is 5.11 Å². The van der Waals surface area contributed by atoms with Crippen LogP contribution in [0.4, 0.5) is 19.1 Å². The summed E-state index contributed by atoms with van der Waals surface area (Å²) in [5.41, 5.74) is -1.02. The van der Waals surface area contributed by atoms with E-state index in [1.165, 1.54) is 4.90 Å². The molecular weight excluding hydrogens is 263 g/mol. The number of halogens is 3. The molecule has 0 amide bonds. The number of nitrogens with zero attached hydrogens (tertiary/aromatic N) is 3. The largest absolute Gasteiger partial charge is 0.481 e. The van der Waals surface area contributed by atoms with Gasteiger partial charge in [-0.05, 0) is 19.4 Å². The standard InChI is InChI=1S/C11H12F3N3O2/c1-6-7(9(18)19)3-5-17(6)10-15-4-2-8(16-10)11(12,13)14/h2,4,6-7H,3,5H2,1H3,(H,18,19). The Hall–Kier alpha value is -1.86. The summed E-state index contributed by atoms with van der Waals surface area (Å²) in [7, 11) is 0. The zero-order valence-electron chi connectivity index (χ0n) is 10.1. The van der Waals surface area contributed by atoms with Gasteiger partial charge in [0.2, 0.25) is 5.95 Å². The lowest BCUT2D eigenvalue weighted by molar-refractivity contribution is -0.142. The molecule has 1 N–H and O–H groups in total. The molecule has 1 aromatic rings. The van der Waals surface area contributed by atoms with Crippen molar-refractivity contribution in [3.8, 4) is 0 Å². The molecule has 0 radical (unpaired) electrons. The van der Waals surface area contributed by atoms with Crippen LogP contribution in [-0.2, 0) is 11.0 Å². The van der Waals surface area contributed by atoms with Crippen molar-refractivity contribution in [2.45, 2.75) is 25.6 Å². The molecule has 0 saturated carbocycles. The van der Waals surface area contributed by atoms with Gasteiger partial charge in [0, 0.05) is 18.8 Å². The first-order valence-corrected chi connectivity index (χ1v) is 5.70. The Labute approximate surface area is 107 Å². The SMILES string of the molecule is CC1C(C(=O)O)CCN1c1nccc(C(F)(F)F)n1. The smallest absolute Gasteiger partial charge is 0.433 e. The van der Waals surface area contributed by atoms with Gasteiger partial charge >= 0.3 is 12.1 Å². The number of carboxylic acids is 1. The van der Waals surface area contributed by atoms with Crippen molar-refractivity contribution in [3.63, 3.8) is 0 Å². The van der Waals surface area contributed by atoms with E-state index in [1.54, 1.807) is 6.92 Å². The minimum atomic E-state index is -4.53. The minimum Gasteiger partial charge on any atom is -0.481 e. The number of carboxylic acid groups (broad SMARTS) is 1. The summed E-state index contributed by atoms with van der Waals surface area (Å²) >= 11 is 0. The normalized spacial score (nSPS) is 23.7. The number of aromatic nitrogens is 2. The van der Waals surface area contributed by atoms with Gasteiger partial charge in [-0.15, -0.1) is 0 Å². The maximum Gasteiger partial charge on any atom is 0.433 e. The second-order valence-corrected chi connectivity index (χ2v) is 4.41. The molecule has 8 heteroatoms. The molecule has 0 aliphatic carbocycles. The maximum atomic E-state index is 12.6. The van der Waals surface area contributed by atoms with Crippen molar-refractivity contribution in [2.75, 3.05) is 11.4 Å². The van der Waals surface area contributed by atoms with Gasteiger partial charge in [-0.2, -0.15) is 13.2 Å². The summed E-state index contributed by atoms with van der Waals surface area (Å²) in [6.07, 6.45) is -3.13. The molecule has 1 aliphatic heterocycles. The number of aliphatic carboxylic acids is 1. The van der Waals surface area contributed by atoms with Crippen LogP contribution in [-0.4, -0.2) is 33.6 Å². The van der Waals surface area contributed by atoms with Gasteiger partial charge in [0.15, 0.2) is 0 Å². The van der Waals surface area contributed by atoms with E-state index in [-0.39, 0.29) is 5.95 Å². The second kappa shape index (κ2) is 4.67. The minimum absolute atomic E-state index is 0.0777. The van der Waals surface area contributed by atoms with Crippen LogP contribution in [0.25, 0.3) is 0 Å². The van der Waals surface area contributed by atoms with E-state index in [2.05, 4.69) is 9.97 Å². The van der Waals surface area contributed by atoms with Gasteiger partial charge in [0.25, 0.3) is 0 Å². The molecule has 5 nitrogen and oxygen atoms in total. The monoisotopic (exact) mass is 275 g/mol. The van der Waals surface area contributed by atoms with Gasteiger partial charge in [0.1, 0.15) is 5.69 Å². The van der Waals surface area contributed by atoms with Crippen LogP contribution in [0.5, 0.6) is 0 Å². The molecule has 1 aliphatic rings. The lowest BCUT2D eigenvalue weighted by atomic mass is 10.0. The Balaban J connectivity index is 2.26. The molecule has 1 saturated heterocycles. The molecule has 0 aromatic carbocycles. The third kappa shape index (κ3) is 2.61. The molecule has 0 bridgehead atoms. The third-order valence-corrected chi connectivity index (χ3v) is 3.26. The van der Waals surface area contributed by atoms with Crippen molar-refractivity contribution in [2.24, 2.45) is 5.92 Å². The fourth-order valence-electron chi connectivity index (χ4n) is 2.20. The van der Waals surface area contributed by atoms with Gasteiger partial charge in [-0.25, -0.2) is 9.97 Å². The van der Waals surface area contributed by atoms with Crippen LogP contribution in [0.15, 0.2) is 12.3 Å². The van der Waals surface area contributed by atoms with Crippen LogP contribution in [0.3, 0.4) is 0 Å². The lowest BCUT2D eigenvalue weighted by Gasteiger charge is -2.23. The molecule has 19 heavy (non-hydrogen) atoms. The molecule has 0 spiro atoms. The summed E-state index contributed by atoms with van der Waals surface area (Å²) < 4.78 is 37.7. The summed E-state index contributed by atoms with van der Waals surface area (Å²) in [4.78, 5) is 19.7. The Morgan fingerprint density at radius 3 is 2.74 bits per heavy atom. The van der Waals surface area contributed by atoms with Crippen LogP contribution in [0, 0.1) is 5.92 Å². The highest BCUT2D eigenvalue weighted by Crippen LogP contribution is 2.31. The predicted molar refractivity (Wildman–Crippen MR) is 59.6 cm³/mol. The summed E-state index contributed by atoms with van der Waals surface area (Å²) in [6, 6.07) is 0.361. The number of carbonyl (C=O) groups is 1. The highest BCUT2D eigenvalue weighted by molar-refractivity contribution is 5.72. The van der Waals surface area contributed by atoms with E-state index in [0.29, 0.717) is 13.0 Å². The molecular formula is C11H12F3N3O2. The number of rotatable bonds is 2. The summed E-state index contributed by atoms with van der Waals surface area (Å²) in [5.74, 6) is -1.65. The van der Waals surface area contributed by atoms with Crippen molar-refractivity contribution in [1.29, 1.82) is 0 Å². The summed E-state index contributed by atoms with van der Waals surface area (Å²) in [6.45, 7) is 1.98. The van der Waals surface area contributed by atoms with Crippen LogP contribution in [0.2, 0.25) is 0 Å². The van der Waals surface area contributed by atoms with Gasteiger partial charge in [-0.3, -0.25) is 4.79 Å². The lowest BCUT2D eigenvalue weighted by Crippen LogP contribution is -2.34.